The Morgan fingerprint density at radius 2 is 1.82 bits per heavy atom. The van der Waals surface area contributed by atoms with Crippen LogP contribution in [0.2, 0.25) is 0 Å². The van der Waals surface area contributed by atoms with Crippen molar-refractivity contribution in [1.82, 2.24) is 25.5 Å². The molecule has 0 bridgehead atoms. The summed E-state index contributed by atoms with van der Waals surface area (Å²) in [6.45, 7) is 5.64. The zero-order valence-electron chi connectivity index (χ0n) is 16.6. The average molecular weight is 495 g/mol. The van der Waals surface area contributed by atoms with Crippen molar-refractivity contribution < 1.29 is 0 Å². The Balaban J connectivity index is 0.00000280. The summed E-state index contributed by atoms with van der Waals surface area (Å²) in [5.41, 5.74) is 2.26. The van der Waals surface area contributed by atoms with Gasteiger partial charge in [0.15, 0.2) is 5.96 Å². The first-order valence-corrected chi connectivity index (χ1v) is 9.48. The maximum atomic E-state index is 4.63. The van der Waals surface area contributed by atoms with Gasteiger partial charge in [0.1, 0.15) is 5.82 Å². The molecule has 3 rings (SSSR count). The van der Waals surface area contributed by atoms with Crippen molar-refractivity contribution in [2.45, 2.75) is 13.0 Å². The molecule has 0 saturated carbocycles. The van der Waals surface area contributed by atoms with E-state index in [0.29, 0.717) is 6.54 Å². The van der Waals surface area contributed by atoms with E-state index in [1.165, 1.54) is 5.56 Å². The fraction of sp³-hybridized carbons (Fsp3) is 0.450. The first-order valence-electron chi connectivity index (χ1n) is 9.48. The molecule has 0 amide bonds. The molecule has 3 heterocycles. The maximum Gasteiger partial charge on any atom is 0.191 e. The molecular formula is C20H30IN7. The predicted octanol–water partition coefficient (Wildman–Crippen LogP) is 1.75. The van der Waals surface area contributed by atoms with Gasteiger partial charge in [-0.05, 0) is 25.2 Å². The lowest BCUT2D eigenvalue weighted by Gasteiger charge is -2.34. The zero-order chi connectivity index (χ0) is 18.9. The second kappa shape index (κ2) is 11.8. The molecule has 1 aliphatic heterocycles. The van der Waals surface area contributed by atoms with Gasteiger partial charge < -0.3 is 20.4 Å². The Morgan fingerprint density at radius 1 is 1.04 bits per heavy atom. The molecule has 0 spiro atoms. The van der Waals surface area contributed by atoms with Gasteiger partial charge in [-0.3, -0.25) is 9.98 Å². The minimum absolute atomic E-state index is 0. The van der Waals surface area contributed by atoms with Crippen LogP contribution in [0.5, 0.6) is 0 Å². The topological polar surface area (TPSA) is 68.7 Å². The molecule has 2 N–H and O–H groups in total. The number of halogens is 1. The molecule has 2 aromatic rings. The highest BCUT2D eigenvalue weighted by atomic mass is 127. The van der Waals surface area contributed by atoms with E-state index in [9.17, 15) is 0 Å². The predicted molar refractivity (Wildman–Crippen MR) is 126 cm³/mol. The molecule has 2 aromatic heterocycles. The number of likely N-dealkylation sites (N-methyl/N-ethyl adjacent to an activating group) is 1. The summed E-state index contributed by atoms with van der Waals surface area (Å²) in [6.07, 6.45) is 4.56. The van der Waals surface area contributed by atoms with E-state index in [2.05, 4.69) is 48.5 Å². The van der Waals surface area contributed by atoms with Crippen LogP contribution in [0, 0.1) is 0 Å². The highest BCUT2D eigenvalue weighted by molar-refractivity contribution is 14.0. The summed E-state index contributed by atoms with van der Waals surface area (Å²) in [5.74, 6) is 1.86. The van der Waals surface area contributed by atoms with Crippen LogP contribution >= 0.6 is 24.0 Å². The van der Waals surface area contributed by atoms with Gasteiger partial charge in [0.25, 0.3) is 0 Å². The quantitative estimate of drug-likeness (QED) is 0.362. The molecule has 0 unspecified atom stereocenters. The van der Waals surface area contributed by atoms with E-state index in [1.54, 1.807) is 7.05 Å². The number of hydrogen-bond acceptors (Lipinski definition) is 5. The van der Waals surface area contributed by atoms with Crippen LogP contribution in [0.25, 0.3) is 0 Å². The van der Waals surface area contributed by atoms with E-state index in [0.717, 1.165) is 56.6 Å². The third kappa shape index (κ3) is 6.59. The molecule has 7 nitrogen and oxygen atoms in total. The Morgan fingerprint density at radius 3 is 2.54 bits per heavy atom. The Kier molecular flexibility index (Phi) is 9.42. The van der Waals surface area contributed by atoms with Gasteiger partial charge in [-0.25, -0.2) is 4.98 Å². The molecule has 1 fully saturated rings. The second-order valence-corrected chi connectivity index (χ2v) is 6.70. The van der Waals surface area contributed by atoms with Crippen molar-refractivity contribution in [1.29, 1.82) is 0 Å². The van der Waals surface area contributed by atoms with Crippen LogP contribution in [-0.4, -0.2) is 67.6 Å². The normalized spacial score (nSPS) is 15.1. The lowest BCUT2D eigenvalue weighted by atomic mass is 10.2. The highest BCUT2D eigenvalue weighted by Crippen LogP contribution is 2.18. The van der Waals surface area contributed by atoms with Crippen LogP contribution in [0.3, 0.4) is 0 Å². The third-order valence-electron chi connectivity index (χ3n) is 4.74. The highest BCUT2D eigenvalue weighted by Gasteiger charge is 2.17. The molecule has 0 atom stereocenters. The van der Waals surface area contributed by atoms with Crippen LogP contribution in [0.1, 0.15) is 11.3 Å². The van der Waals surface area contributed by atoms with E-state index in [4.69, 9.17) is 0 Å². The lowest BCUT2D eigenvalue weighted by Crippen LogP contribution is -2.45. The standard InChI is InChI=1S/C20H29N7.HI/c1-21-20(24-11-8-18-7-3-4-9-22-18)25-16-17-6-5-10-23-19(17)27-14-12-26(2)13-15-27;/h3-7,9-10H,8,11-16H2,1-2H3,(H2,21,24,25);1H. The fourth-order valence-corrected chi connectivity index (χ4v) is 3.13. The number of aliphatic imine (C=N–C) groups is 1. The van der Waals surface area contributed by atoms with Crippen molar-refractivity contribution in [2.75, 3.05) is 51.7 Å². The second-order valence-electron chi connectivity index (χ2n) is 6.70. The summed E-state index contributed by atoms with van der Waals surface area (Å²) in [4.78, 5) is 18.0. The van der Waals surface area contributed by atoms with Crippen molar-refractivity contribution in [2.24, 2.45) is 4.99 Å². The van der Waals surface area contributed by atoms with E-state index >= 15 is 0 Å². The maximum absolute atomic E-state index is 4.63. The number of pyridine rings is 2. The van der Waals surface area contributed by atoms with Gasteiger partial charge in [0, 0.05) is 76.4 Å². The number of guanidine groups is 1. The number of anilines is 1. The van der Waals surface area contributed by atoms with Gasteiger partial charge in [-0.15, -0.1) is 24.0 Å². The number of rotatable bonds is 6. The van der Waals surface area contributed by atoms with Crippen LogP contribution < -0.4 is 15.5 Å². The molecule has 1 aliphatic rings. The summed E-state index contributed by atoms with van der Waals surface area (Å²) in [6, 6.07) is 10.1. The molecule has 28 heavy (non-hydrogen) atoms. The van der Waals surface area contributed by atoms with Crippen molar-refractivity contribution in [3.05, 3.63) is 54.0 Å². The molecule has 8 heteroatoms. The van der Waals surface area contributed by atoms with Crippen molar-refractivity contribution >= 4 is 35.8 Å². The van der Waals surface area contributed by atoms with E-state index < -0.39 is 0 Å². The third-order valence-corrected chi connectivity index (χ3v) is 4.74. The zero-order valence-corrected chi connectivity index (χ0v) is 19.0. The number of nitrogens with zero attached hydrogens (tertiary/aromatic N) is 5. The number of hydrogen-bond donors (Lipinski definition) is 2. The van der Waals surface area contributed by atoms with Gasteiger partial charge in [0.05, 0.1) is 0 Å². The molecular weight excluding hydrogens is 465 g/mol. The monoisotopic (exact) mass is 495 g/mol. The van der Waals surface area contributed by atoms with Gasteiger partial charge in [-0.2, -0.15) is 0 Å². The fourth-order valence-electron chi connectivity index (χ4n) is 3.13. The lowest BCUT2D eigenvalue weighted by molar-refractivity contribution is 0.312. The first kappa shape index (κ1) is 22.4. The smallest absolute Gasteiger partial charge is 0.191 e. The molecule has 0 aromatic carbocycles. The van der Waals surface area contributed by atoms with E-state index in [-0.39, 0.29) is 24.0 Å². The van der Waals surface area contributed by atoms with Crippen molar-refractivity contribution in [3.8, 4) is 0 Å². The molecule has 0 radical (unpaired) electrons. The molecule has 1 saturated heterocycles. The number of piperazine rings is 1. The first-order chi connectivity index (χ1) is 13.3. The number of nitrogens with one attached hydrogen (secondary N) is 2. The Bertz CT molecular complexity index is 730. The minimum atomic E-state index is 0. The Hall–Kier alpha value is -1.94. The molecule has 0 aliphatic carbocycles. The average Bonchev–Trinajstić information content (AvgIpc) is 2.72. The summed E-state index contributed by atoms with van der Waals surface area (Å²) in [7, 11) is 3.96. The van der Waals surface area contributed by atoms with E-state index in [1.807, 2.05) is 36.7 Å². The summed E-state index contributed by atoms with van der Waals surface area (Å²) < 4.78 is 0. The van der Waals surface area contributed by atoms with Crippen molar-refractivity contribution in [3.63, 3.8) is 0 Å². The molecule has 152 valence electrons. The van der Waals surface area contributed by atoms with Gasteiger partial charge >= 0.3 is 0 Å². The SMILES string of the molecule is CN=C(NCCc1ccccn1)NCc1cccnc1N1CCN(C)CC1.I. The van der Waals surface area contributed by atoms with Gasteiger partial charge in [0.2, 0.25) is 0 Å². The Labute approximate surface area is 184 Å². The largest absolute Gasteiger partial charge is 0.356 e. The van der Waals surface area contributed by atoms with Crippen LogP contribution in [0.15, 0.2) is 47.7 Å². The van der Waals surface area contributed by atoms with Crippen LogP contribution in [-0.2, 0) is 13.0 Å². The van der Waals surface area contributed by atoms with Gasteiger partial charge in [-0.1, -0.05) is 12.1 Å². The van der Waals surface area contributed by atoms with Crippen LogP contribution in [0.4, 0.5) is 5.82 Å². The summed E-state index contributed by atoms with van der Waals surface area (Å²) >= 11 is 0. The minimum Gasteiger partial charge on any atom is -0.356 e. The number of aromatic nitrogens is 2. The summed E-state index contributed by atoms with van der Waals surface area (Å²) in [5, 5.41) is 6.75.